The van der Waals surface area contributed by atoms with Gasteiger partial charge in [0.1, 0.15) is 6.07 Å². The van der Waals surface area contributed by atoms with E-state index in [9.17, 15) is 5.26 Å². The monoisotopic (exact) mass is 272 g/mol. The van der Waals surface area contributed by atoms with Crippen LogP contribution in [-0.4, -0.2) is 31.1 Å². The van der Waals surface area contributed by atoms with Crippen molar-refractivity contribution in [2.75, 3.05) is 26.2 Å². The number of nitrogens with zero attached hydrogens (tertiary/aromatic N) is 2. The lowest BCUT2D eigenvalue weighted by Crippen LogP contribution is -2.45. The van der Waals surface area contributed by atoms with Crippen LogP contribution in [0.25, 0.3) is 0 Å². The van der Waals surface area contributed by atoms with Crippen molar-refractivity contribution in [2.24, 2.45) is 5.92 Å². The van der Waals surface area contributed by atoms with Gasteiger partial charge >= 0.3 is 0 Å². The van der Waals surface area contributed by atoms with Crippen LogP contribution in [0.2, 0.25) is 0 Å². The van der Waals surface area contributed by atoms with Crippen molar-refractivity contribution >= 4 is 0 Å². The summed E-state index contributed by atoms with van der Waals surface area (Å²) in [5, 5.41) is 9.82. The summed E-state index contributed by atoms with van der Waals surface area (Å²) >= 11 is 0. The van der Waals surface area contributed by atoms with Crippen molar-refractivity contribution in [3.63, 3.8) is 0 Å². The smallest absolute Gasteiger partial charge is 0.183 e. The summed E-state index contributed by atoms with van der Waals surface area (Å²) in [7, 11) is 0. The van der Waals surface area contributed by atoms with Crippen molar-refractivity contribution in [3.05, 3.63) is 35.4 Å². The zero-order valence-corrected chi connectivity index (χ0v) is 12.7. The molecule has 20 heavy (non-hydrogen) atoms. The van der Waals surface area contributed by atoms with E-state index >= 15 is 0 Å². The second-order valence-electron chi connectivity index (χ2n) is 5.49. The van der Waals surface area contributed by atoms with Gasteiger partial charge in [-0.3, -0.25) is 0 Å². The zero-order valence-electron chi connectivity index (χ0n) is 12.7. The van der Waals surface area contributed by atoms with Gasteiger partial charge in [0.05, 0.1) is 6.61 Å². The molecule has 2 atom stereocenters. The van der Waals surface area contributed by atoms with E-state index in [0.29, 0.717) is 6.61 Å². The molecule has 0 radical (unpaired) electrons. The van der Waals surface area contributed by atoms with E-state index in [1.165, 1.54) is 5.56 Å². The van der Waals surface area contributed by atoms with Gasteiger partial charge in [-0.2, -0.15) is 5.26 Å². The molecule has 0 unspecified atom stereocenters. The average Bonchev–Trinajstić information content (AvgIpc) is 2.51. The van der Waals surface area contributed by atoms with Crippen LogP contribution in [0.4, 0.5) is 0 Å². The lowest BCUT2D eigenvalue weighted by Gasteiger charge is -2.39. The van der Waals surface area contributed by atoms with Crippen LogP contribution >= 0.6 is 0 Å². The molecule has 1 heterocycles. The normalized spacial score (nSPS) is 23.1. The topological polar surface area (TPSA) is 36.3 Å². The highest BCUT2D eigenvalue weighted by Gasteiger charge is 2.43. The van der Waals surface area contributed by atoms with Gasteiger partial charge in [-0.05, 0) is 25.1 Å². The fourth-order valence-corrected chi connectivity index (χ4v) is 3.11. The van der Waals surface area contributed by atoms with E-state index in [-0.39, 0.29) is 5.92 Å². The maximum atomic E-state index is 9.82. The highest BCUT2D eigenvalue weighted by molar-refractivity contribution is 5.39. The van der Waals surface area contributed by atoms with Crippen LogP contribution in [0.5, 0.6) is 0 Å². The van der Waals surface area contributed by atoms with Crippen molar-refractivity contribution < 1.29 is 4.74 Å². The third-order valence-electron chi connectivity index (χ3n) is 4.41. The third kappa shape index (κ3) is 2.59. The first-order valence-electron chi connectivity index (χ1n) is 7.53. The van der Waals surface area contributed by atoms with Gasteiger partial charge in [-0.1, -0.05) is 45.0 Å². The van der Waals surface area contributed by atoms with E-state index in [4.69, 9.17) is 4.74 Å². The van der Waals surface area contributed by atoms with Crippen molar-refractivity contribution in [1.82, 2.24) is 4.90 Å². The standard InChI is InChI=1S/C17H24N2O/c1-4-19(5-2)12-14(3)17(13-18)16-9-7-6-8-15(16)10-11-20-17/h6-9,14H,4-5,10-12H2,1-3H3/t14-,17-/m1/s1. The van der Waals surface area contributed by atoms with Crippen LogP contribution in [0.3, 0.4) is 0 Å². The first-order valence-corrected chi connectivity index (χ1v) is 7.53. The first-order chi connectivity index (χ1) is 9.67. The highest BCUT2D eigenvalue weighted by atomic mass is 16.5. The third-order valence-corrected chi connectivity index (χ3v) is 4.41. The maximum Gasteiger partial charge on any atom is 0.183 e. The first kappa shape index (κ1) is 15.0. The number of nitriles is 1. The fourth-order valence-electron chi connectivity index (χ4n) is 3.11. The number of hydrogen-bond donors (Lipinski definition) is 0. The Kier molecular flexibility index (Phi) is 4.80. The Morgan fingerprint density at radius 2 is 2.05 bits per heavy atom. The van der Waals surface area contributed by atoms with Crippen LogP contribution in [-0.2, 0) is 16.8 Å². The quantitative estimate of drug-likeness (QED) is 0.827. The predicted octanol–water partition coefficient (Wildman–Crippen LogP) is 2.96. The molecule has 0 bridgehead atoms. The molecular weight excluding hydrogens is 248 g/mol. The van der Waals surface area contributed by atoms with Gasteiger partial charge in [-0.15, -0.1) is 0 Å². The van der Waals surface area contributed by atoms with Crippen LogP contribution in [0, 0.1) is 17.2 Å². The van der Waals surface area contributed by atoms with Crippen LogP contribution < -0.4 is 0 Å². The minimum absolute atomic E-state index is 0.147. The number of benzene rings is 1. The largest absolute Gasteiger partial charge is 0.355 e. The summed E-state index contributed by atoms with van der Waals surface area (Å²) in [6.07, 6.45) is 0.900. The molecule has 0 saturated heterocycles. The molecule has 0 aliphatic carbocycles. The van der Waals surface area contributed by atoms with E-state index in [1.807, 2.05) is 12.1 Å². The minimum Gasteiger partial charge on any atom is -0.355 e. The van der Waals surface area contributed by atoms with E-state index < -0.39 is 5.60 Å². The molecule has 0 amide bonds. The second-order valence-corrected chi connectivity index (χ2v) is 5.49. The van der Waals surface area contributed by atoms with Gasteiger partial charge in [0.15, 0.2) is 5.60 Å². The Morgan fingerprint density at radius 3 is 2.70 bits per heavy atom. The van der Waals surface area contributed by atoms with Crippen LogP contribution in [0.1, 0.15) is 31.9 Å². The molecule has 3 heteroatoms. The molecule has 0 aromatic heterocycles. The highest BCUT2D eigenvalue weighted by Crippen LogP contribution is 2.39. The molecule has 108 valence electrons. The summed E-state index contributed by atoms with van der Waals surface area (Å²) in [5.74, 6) is 0.147. The maximum absolute atomic E-state index is 9.82. The molecule has 3 nitrogen and oxygen atoms in total. The molecule has 1 aliphatic heterocycles. The molecular formula is C17H24N2O. The van der Waals surface area contributed by atoms with Gasteiger partial charge < -0.3 is 9.64 Å². The zero-order chi connectivity index (χ0) is 14.6. The van der Waals surface area contributed by atoms with E-state index in [2.05, 4.69) is 43.9 Å². The molecule has 1 aromatic carbocycles. The summed E-state index contributed by atoms with van der Waals surface area (Å²) in [4.78, 5) is 2.35. The van der Waals surface area contributed by atoms with Gasteiger partial charge in [0.25, 0.3) is 0 Å². The summed E-state index contributed by atoms with van der Waals surface area (Å²) in [5.41, 5.74) is 1.53. The molecule has 0 saturated carbocycles. The van der Waals surface area contributed by atoms with Crippen molar-refractivity contribution in [2.45, 2.75) is 32.8 Å². The Bertz CT molecular complexity index is 490. The molecule has 0 N–H and O–H groups in total. The minimum atomic E-state index is -0.794. The Hall–Kier alpha value is -1.37. The second kappa shape index (κ2) is 6.39. The lowest BCUT2D eigenvalue weighted by molar-refractivity contribution is -0.0615. The lowest BCUT2D eigenvalue weighted by atomic mass is 9.78. The van der Waals surface area contributed by atoms with Gasteiger partial charge in [0.2, 0.25) is 0 Å². The molecule has 1 aromatic rings. The summed E-state index contributed by atoms with van der Waals surface area (Å²) in [6, 6.07) is 10.7. The summed E-state index contributed by atoms with van der Waals surface area (Å²) < 4.78 is 6.01. The molecule has 1 aliphatic rings. The Balaban J connectivity index is 2.33. The van der Waals surface area contributed by atoms with Gasteiger partial charge in [-0.25, -0.2) is 0 Å². The molecule has 2 rings (SSSR count). The number of ether oxygens (including phenoxy) is 1. The fraction of sp³-hybridized carbons (Fsp3) is 0.588. The summed E-state index contributed by atoms with van der Waals surface area (Å²) in [6.45, 7) is 9.97. The average molecular weight is 272 g/mol. The number of rotatable bonds is 5. The van der Waals surface area contributed by atoms with Crippen molar-refractivity contribution in [1.29, 1.82) is 5.26 Å². The van der Waals surface area contributed by atoms with Crippen LogP contribution in [0.15, 0.2) is 24.3 Å². The van der Waals surface area contributed by atoms with E-state index in [1.54, 1.807) is 0 Å². The number of hydrogen-bond acceptors (Lipinski definition) is 3. The number of fused-ring (bicyclic) bond motifs is 1. The Morgan fingerprint density at radius 1 is 1.35 bits per heavy atom. The molecule has 0 spiro atoms. The Labute approximate surface area is 122 Å². The van der Waals surface area contributed by atoms with Crippen molar-refractivity contribution in [3.8, 4) is 6.07 Å². The SMILES string of the molecule is CCN(CC)C[C@@H](C)[C@@]1(C#N)OCCc2ccccc21. The van der Waals surface area contributed by atoms with E-state index in [0.717, 1.165) is 31.6 Å². The predicted molar refractivity (Wildman–Crippen MR) is 80.3 cm³/mol. The molecule has 0 fully saturated rings. The van der Waals surface area contributed by atoms with Gasteiger partial charge in [0, 0.05) is 18.0 Å².